The molecule has 21 heavy (non-hydrogen) atoms. The average molecular weight is 355 g/mol. The van der Waals surface area contributed by atoms with E-state index in [0.717, 1.165) is 35.0 Å². The number of likely N-dealkylation sites (tertiary alicyclic amines) is 1. The molecule has 114 valence electrons. The molecule has 1 aliphatic rings. The van der Waals surface area contributed by atoms with Crippen molar-refractivity contribution in [2.45, 2.75) is 38.6 Å². The largest absolute Gasteiger partial charge is 0.480 e. The van der Waals surface area contributed by atoms with Crippen LogP contribution in [-0.4, -0.2) is 34.6 Å². The molecular formula is C15H19BrN2O3. The Kier molecular flexibility index (Phi) is 5.22. The predicted molar refractivity (Wildman–Crippen MR) is 84.5 cm³/mol. The smallest absolute Gasteiger partial charge is 0.326 e. The number of halogens is 1. The molecule has 6 heteroatoms. The Balaban J connectivity index is 2.15. The van der Waals surface area contributed by atoms with E-state index in [-0.39, 0.29) is 6.03 Å². The van der Waals surface area contributed by atoms with E-state index in [1.807, 2.05) is 25.1 Å². The predicted octanol–water partition coefficient (Wildman–Crippen LogP) is 3.48. The lowest BCUT2D eigenvalue weighted by Crippen LogP contribution is -2.49. The molecule has 1 aliphatic heterocycles. The first kappa shape index (κ1) is 15.8. The number of carboxylic acid groups (broad SMARTS) is 1. The molecular weight excluding hydrogens is 336 g/mol. The summed E-state index contributed by atoms with van der Waals surface area (Å²) in [4.78, 5) is 25.1. The molecule has 1 fully saturated rings. The first-order valence-corrected chi connectivity index (χ1v) is 7.91. The van der Waals surface area contributed by atoms with Crippen molar-refractivity contribution in [2.24, 2.45) is 0 Å². The molecule has 0 aliphatic carbocycles. The Labute approximate surface area is 132 Å². The van der Waals surface area contributed by atoms with Gasteiger partial charge in [-0.05, 0) is 49.4 Å². The number of carbonyl (C=O) groups excluding carboxylic acids is 1. The lowest BCUT2D eigenvalue weighted by atomic mass is 10.0. The highest BCUT2D eigenvalue weighted by molar-refractivity contribution is 9.10. The van der Waals surface area contributed by atoms with E-state index in [4.69, 9.17) is 0 Å². The van der Waals surface area contributed by atoms with Crippen LogP contribution in [0.15, 0.2) is 22.7 Å². The Morgan fingerprint density at radius 3 is 2.86 bits per heavy atom. The summed E-state index contributed by atoms with van der Waals surface area (Å²) in [6, 6.07) is 4.60. The number of carboxylic acids is 1. The SMILES string of the molecule is CCc1cc(Br)ccc1NC(=O)N1CCCCC1C(=O)O. The number of nitrogens with one attached hydrogen (secondary N) is 1. The zero-order valence-electron chi connectivity index (χ0n) is 11.9. The molecule has 2 rings (SSSR count). The fraction of sp³-hybridized carbons (Fsp3) is 0.467. The molecule has 2 N–H and O–H groups in total. The van der Waals surface area contributed by atoms with Crippen LogP contribution in [0.5, 0.6) is 0 Å². The van der Waals surface area contributed by atoms with Crippen molar-refractivity contribution in [3.63, 3.8) is 0 Å². The zero-order chi connectivity index (χ0) is 15.4. The van der Waals surface area contributed by atoms with E-state index >= 15 is 0 Å². The summed E-state index contributed by atoms with van der Waals surface area (Å²) in [6.07, 6.45) is 3.00. The molecule has 1 aromatic rings. The van der Waals surface area contributed by atoms with Gasteiger partial charge < -0.3 is 15.3 Å². The number of hydrogen-bond donors (Lipinski definition) is 2. The van der Waals surface area contributed by atoms with Gasteiger partial charge in [0.1, 0.15) is 6.04 Å². The number of aryl methyl sites for hydroxylation is 1. The molecule has 0 radical (unpaired) electrons. The molecule has 1 unspecified atom stereocenters. The van der Waals surface area contributed by atoms with Crippen molar-refractivity contribution in [1.29, 1.82) is 0 Å². The molecule has 0 bridgehead atoms. The van der Waals surface area contributed by atoms with Crippen molar-refractivity contribution < 1.29 is 14.7 Å². The van der Waals surface area contributed by atoms with Gasteiger partial charge in [0.2, 0.25) is 0 Å². The molecule has 0 saturated carbocycles. The summed E-state index contributed by atoms with van der Waals surface area (Å²) in [7, 11) is 0. The normalized spacial score (nSPS) is 18.4. The minimum absolute atomic E-state index is 0.334. The Morgan fingerprint density at radius 1 is 1.43 bits per heavy atom. The second-order valence-electron chi connectivity index (χ2n) is 5.13. The van der Waals surface area contributed by atoms with Crippen LogP contribution in [0.4, 0.5) is 10.5 Å². The summed E-state index contributed by atoms with van der Waals surface area (Å²) >= 11 is 3.41. The average Bonchev–Trinajstić information content (AvgIpc) is 2.48. The van der Waals surface area contributed by atoms with Gasteiger partial charge in [0.05, 0.1) is 0 Å². The summed E-state index contributed by atoms with van der Waals surface area (Å²) in [6.45, 7) is 2.50. The third kappa shape index (κ3) is 3.75. The molecule has 0 aromatic heterocycles. The van der Waals surface area contributed by atoms with Crippen molar-refractivity contribution in [3.05, 3.63) is 28.2 Å². The molecule has 1 atom stereocenters. The van der Waals surface area contributed by atoms with E-state index in [1.54, 1.807) is 0 Å². The number of aliphatic carboxylic acids is 1. The fourth-order valence-corrected chi connectivity index (χ4v) is 3.00. The second-order valence-corrected chi connectivity index (χ2v) is 6.04. The monoisotopic (exact) mass is 354 g/mol. The quantitative estimate of drug-likeness (QED) is 0.872. The molecule has 0 spiro atoms. The van der Waals surface area contributed by atoms with Crippen LogP contribution < -0.4 is 5.32 Å². The molecule has 2 amide bonds. The number of nitrogens with zero attached hydrogens (tertiary/aromatic N) is 1. The summed E-state index contributed by atoms with van der Waals surface area (Å²) in [5.74, 6) is -0.934. The highest BCUT2D eigenvalue weighted by Crippen LogP contribution is 2.23. The Morgan fingerprint density at radius 2 is 2.19 bits per heavy atom. The van der Waals surface area contributed by atoms with E-state index in [0.29, 0.717) is 13.0 Å². The maximum atomic E-state index is 12.4. The van der Waals surface area contributed by atoms with E-state index in [2.05, 4.69) is 21.2 Å². The van der Waals surface area contributed by atoms with Crippen LogP contribution in [0.1, 0.15) is 31.7 Å². The number of amides is 2. The number of anilines is 1. The fourth-order valence-electron chi connectivity index (χ4n) is 2.60. The first-order valence-electron chi connectivity index (χ1n) is 7.11. The zero-order valence-corrected chi connectivity index (χ0v) is 13.5. The number of urea groups is 1. The molecule has 1 heterocycles. The summed E-state index contributed by atoms with van der Waals surface area (Å²) in [5, 5.41) is 12.1. The standard InChI is InChI=1S/C15H19BrN2O3/c1-2-10-9-11(16)6-7-12(10)17-15(21)18-8-4-3-5-13(18)14(19)20/h6-7,9,13H,2-5,8H2,1H3,(H,17,21)(H,19,20). The number of benzene rings is 1. The van der Waals surface area contributed by atoms with Gasteiger partial charge in [-0.3, -0.25) is 0 Å². The lowest BCUT2D eigenvalue weighted by molar-refractivity contribution is -0.143. The van der Waals surface area contributed by atoms with Gasteiger partial charge in [0.15, 0.2) is 0 Å². The van der Waals surface area contributed by atoms with Gasteiger partial charge in [-0.1, -0.05) is 22.9 Å². The number of piperidine rings is 1. The minimum Gasteiger partial charge on any atom is -0.480 e. The Hall–Kier alpha value is -1.56. The van der Waals surface area contributed by atoms with E-state index < -0.39 is 12.0 Å². The van der Waals surface area contributed by atoms with Crippen molar-refractivity contribution in [3.8, 4) is 0 Å². The second kappa shape index (κ2) is 6.93. The van der Waals surface area contributed by atoms with Crippen LogP contribution >= 0.6 is 15.9 Å². The van der Waals surface area contributed by atoms with Gasteiger partial charge in [-0.2, -0.15) is 0 Å². The van der Waals surface area contributed by atoms with E-state index in [9.17, 15) is 14.7 Å². The van der Waals surface area contributed by atoms with Gasteiger partial charge in [-0.25, -0.2) is 9.59 Å². The van der Waals surface area contributed by atoms with Crippen LogP contribution in [0.2, 0.25) is 0 Å². The van der Waals surface area contributed by atoms with Gasteiger partial charge >= 0.3 is 12.0 Å². The highest BCUT2D eigenvalue weighted by Gasteiger charge is 2.32. The van der Waals surface area contributed by atoms with Crippen LogP contribution in [0.3, 0.4) is 0 Å². The van der Waals surface area contributed by atoms with Crippen LogP contribution in [-0.2, 0) is 11.2 Å². The maximum absolute atomic E-state index is 12.4. The third-order valence-electron chi connectivity index (χ3n) is 3.74. The number of hydrogen-bond acceptors (Lipinski definition) is 2. The van der Waals surface area contributed by atoms with Crippen molar-refractivity contribution in [2.75, 3.05) is 11.9 Å². The van der Waals surface area contributed by atoms with Crippen LogP contribution in [0.25, 0.3) is 0 Å². The van der Waals surface area contributed by atoms with Crippen LogP contribution in [0, 0.1) is 0 Å². The topological polar surface area (TPSA) is 69.6 Å². The van der Waals surface area contributed by atoms with Crippen molar-refractivity contribution >= 4 is 33.6 Å². The number of rotatable bonds is 3. The van der Waals surface area contributed by atoms with E-state index in [1.165, 1.54) is 4.90 Å². The summed E-state index contributed by atoms with van der Waals surface area (Å²) in [5.41, 5.74) is 1.75. The molecule has 1 aromatic carbocycles. The lowest BCUT2D eigenvalue weighted by Gasteiger charge is -2.33. The first-order chi connectivity index (χ1) is 10.0. The molecule has 1 saturated heterocycles. The van der Waals surface area contributed by atoms with Gasteiger partial charge in [-0.15, -0.1) is 0 Å². The highest BCUT2D eigenvalue weighted by atomic mass is 79.9. The van der Waals surface area contributed by atoms with Gasteiger partial charge in [0.25, 0.3) is 0 Å². The Bertz CT molecular complexity index is 548. The maximum Gasteiger partial charge on any atom is 0.326 e. The van der Waals surface area contributed by atoms with Crippen molar-refractivity contribution in [1.82, 2.24) is 4.90 Å². The number of carbonyl (C=O) groups is 2. The minimum atomic E-state index is -0.934. The molecule has 5 nitrogen and oxygen atoms in total. The van der Waals surface area contributed by atoms with Gasteiger partial charge in [0, 0.05) is 16.7 Å². The summed E-state index contributed by atoms with van der Waals surface area (Å²) < 4.78 is 0.957. The third-order valence-corrected chi connectivity index (χ3v) is 4.23.